The third kappa shape index (κ3) is 3.58. The van der Waals surface area contributed by atoms with Gasteiger partial charge in [-0.3, -0.25) is 4.79 Å². The summed E-state index contributed by atoms with van der Waals surface area (Å²) in [7, 11) is 0. The Morgan fingerprint density at radius 2 is 2.06 bits per heavy atom. The summed E-state index contributed by atoms with van der Waals surface area (Å²) in [6.45, 7) is 0.717. The van der Waals surface area contributed by atoms with Crippen LogP contribution in [0.4, 0.5) is 8.78 Å². The molecule has 0 bridgehead atoms. The molecule has 0 aliphatic carbocycles. The highest BCUT2D eigenvalue weighted by Gasteiger charge is 2.16. The molecule has 0 aromatic heterocycles. The summed E-state index contributed by atoms with van der Waals surface area (Å²) in [5.41, 5.74) is 5.77. The molecule has 0 saturated carbocycles. The molecule has 1 amide bonds. The molecule has 1 aromatic carbocycles. The summed E-state index contributed by atoms with van der Waals surface area (Å²) in [5.74, 6) is -0.916. The van der Waals surface area contributed by atoms with Crippen molar-refractivity contribution in [1.29, 1.82) is 0 Å². The molecule has 4 nitrogen and oxygen atoms in total. The Kier molecular flexibility index (Phi) is 4.88. The van der Waals surface area contributed by atoms with Crippen LogP contribution in [0.2, 0.25) is 0 Å². The van der Waals surface area contributed by atoms with E-state index in [2.05, 4.69) is 4.74 Å². The maximum atomic E-state index is 12.2. The fourth-order valence-electron chi connectivity index (χ4n) is 1.42. The van der Waals surface area contributed by atoms with Crippen molar-refractivity contribution in [2.45, 2.75) is 26.4 Å². The van der Waals surface area contributed by atoms with E-state index >= 15 is 0 Å². The standard InChI is InChI=1S/C12H15F2NO3/c1-3-17-10-6-8(7(2)11(15)16)4-5-9(10)18-12(13)14/h4-7,12H,3H2,1-2H3,(H2,15,16). The van der Waals surface area contributed by atoms with Gasteiger partial charge in [0.1, 0.15) is 0 Å². The molecule has 0 aliphatic rings. The van der Waals surface area contributed by atoms with Crippen LogP contribution in [0.15, 0.2) is 18.2 Å². The predicted octanol–water partition coefficient (Wildman–Crippen LogP) is 2.28. The SMILES string of the molecule is CCOc1cc(C(C)C(N)=O)ccc1OC(F)F. The van der Waals surface area contributed by atoms with Gasteiger partial charge >= 0.3 is 6.61 Å². The number of hydrogen-bond acceptors (Lipinski definition) is 3. The molecule has 0 spiro atoms. The van der Waals surface area contributed by atoms with E-state index in [1.54, 1.807) is 13.8 Å². The van der Waals surface area contributed by atoms with E-state index in [1.165, 1.54) is 18.2 Å². The predicted molar refractivity (Wildman–Crippen MR) is 61.9 cm³/mol. The van der Waals surface area contributed by atoms with Crippen LogP contribution >= 0.6 is 0 Å². The number of amides is 1. The minimum absolute atomic E-state index is 0.0627. The smallest absolute Gasteiger partial charge is 0.387 e. The zero-order valence-corrected chi connectivity index (χ0v) is 10.2. The van der Waals surface area contributed by atoms with E-state index in [1.807, 2.05) is 0 Å². The first kappa shape index (κ1) is 14.2. The van der Waals surface area contributed by atoms with Crippen molar-refractivity contribution in [3.05, 3.63) is 23.8 Å². The Morgan fingerprint density at radius 3 is 2.56 bits per heavy atom. The van der Waals surface area contributed by atoms with Crippen LogP contribution in [0, 0.1) is 0 Å². The molecule has 1 atom stereocenters. The summed E-state index contributed by atoms with van der Waals surface area (Å²) in [5, 5.41) is 0. The van der Waals surface area contributed by atoms with E-state index in [9.17, 15) is 13.6 Å². The van der Waals surface area contributed by atoms with Gasteiger partial charge in [0, 0.05) is 0 Å². The third-order valence-corrected chi connectivity index (χ3v) is 2.41. The molecule has 100 valence electrons. The van der Waals surface area contributed by atoms with Crippen LogP contribution in [-0.4, -0.2) is 19.1 Å². The fourth-order valence-corrected chi connectivity index (χ4v) is 1.42. The zero-order chi connectivity index (χ0) is 13.7. The van der Waals surface area contributed by atoms with Crippen molar-refractivity contribution in [2.24, 2.45) is 5.73 Å². The summed E-state index contributed by atoms with van der Waals surface area (Å²) in [4.78, 5) is 11.1. The second-order valence-corrected chi connectivity index (χ2v) is 3.64. The summed E-state index contributed by atoms with van der Waals surface area (Å²) in [6.07, 6.45) is 0. The lowest BCUT2D eigenvalue weighted by Crippen LogP contribution is -2.18. The van der Waals surface area contributed by atoms with Crippen LogP contribution in [0.25, 0.3) is 0 Å². The maximum absolute atomic E-state index is 12.2. The van der Waals surface area contributed by atoms with E-state index in [-0.39, 0.29) is 11.5 Å². The van der Waals surface area contributed by atoms with Crippen LogP contribution in [-0.2, 0) is 4.79 Å². The number of alkyl halides is 2. The van der Waals surface area contributed by atoms with Gasteiger partial charge in [-0.15, -0.1) is 0 Å². The Hall–Kier alpha value is -1.85. The van der Waals surface area contributed by atoms with E-state index in [0.717, 1.165) is 0 Å². The highest BCUT2D eigenvalue weighted by molar-refractivity contribution is 5.81. The quantitative estimate of drug-likeness (QED) is 0.852. The van der Waals surface area contributed by atoms with Gasteiger partial charge in [0.2, 0.25) is 5.91 Å². The molecule has 1 unspecified atom stereocenters. The van der Waals surface area contributed by atoms with Crippen LogP contribution in [0.1, 0.15) is 25.3 Å². The van der Waals surface area contributed by atoms with Gasteiger partial charge in [0.05, 0.1) is 12.5 Å². The lowest BCUT2D eigenvalue weighted by molar-refractivity contribution is -0.119. The number of ether oxygens (including phenoxy) is 2. The molecule has 0 saturated heterocycles. The normalized spacial score (nSPS) is 12.3. The molecule has 1 aromatic rings. The number of benzene rings is 1. The van der Waals surface area contributed by atoms with Crippen molar-refractivity contribution < 1.29 is 23.0 Å². The molecule has 0 radical (unpaired) electrons. The summed E-state index contributed by atoms with van der Waals surface area (Å²) in [6, 6.07) is 4.33. The summed E-state index contributed by atoms with van der Waals surface area (Å²) < 4.78 is 33.9. The second-order valence-electron chi connectivity index (χ2n) is 3.64. The van der Waals surface area contributed by atoms with Gasteiger partial charge in [0.15, 0.2) is 11.5 Å². The number of halogens is 2. The van der Waals surface area contributed by atoms with Crippen LogP contribution in [0.3, 0.4) is 0 Å². The molecular formula is C12H15F2NO3. The number of rotatable bonds is 6. The van der Waals surface area contributed by atoms with E-state index < -0.39 is 18.4 Å². The number of carbonyl (C=O) groups excluding carboxylic acids is 1. The number of nitrogens with two attached hydrogens (primary N) is 1. The largest absolute Gasteiger partial charge is 0.490 e. The monoisotopic (exact) mass is 259 g/mol. The van der Waals surface area contributed by atoms with Crippen molar-refractivity contribution in [1.82, 2.24) is 0 Å². The maximum Gasteiger partial charge on any atom is 0.387 e. The number of hydrogen-bond donors (Lipinski definition) is 1. The minimum Gasteiger partial charge on any atom is -0.490 e. The minimum atomic E-state index is -2.93. The van der Waals surface area contributed by atoms with Gasteiger partial charge in [-0.05, 0) is 31.5 Å². The Balaban J connectivity index is 3.05. The lowest BCUT2D eigenvalue weighted by Gasteiger charge is -2.14. The van der Waals surface area contributed by atoms with Crippen molar-refractivity contribution in [3.63, 3.8) is 0 Å². The first-order chi connectivity index (χ1) is 8.45. The van der Waals surface area contributed by atoms with Crippen LogP contribution in [0.5, 0.6) is 11.5 Å². The molecule has 1 rings (SSSR count). The van der Waals surface area contributed by atoms with Crippen LogP contribution < -0.4 is 15.2 Å². The van der Waals surface area contributed by atoms with Crippen molar-refractivity contribution >= 4 is 5.91 Å². The Labute approximate surface area is 104 Å². The van der Waals surface area contributed by atoms with Gasteiger partial charge in [-0.2, -0.15) is 8.78 Å². The van der Waals surface area contributed by atoms with Gasteiger partial charge in [-0.25, -0.2) is 0 Å². The molecule has 0 heterocycles. The Bertz CT molecular complexity index is 424. The lowest BCUT2D eigenvalue weighted by atomic mass is 10.0. The third-order valence-electron chi connectivity index (χ3n) is 2.41. The average Bonchev–Trinajstić information content (AvgIpc) is 2.30. The molecule has 0 aliphatic heterocycles. The Morgan fingerprint density at radius 1 is 1.39 bits per heavy atom. The van der Waals surface area contributed by atoms with Crippen molar-refractivity contribution in [2.75, 3.05) is 6.61 Å². The van der Waals surface area contributed by atoms with Gasteiger partial charge in [-0.1, -0.05) is 6.07 Å². The first-order valence-corrected chi connectivity index (χ1v) is 5.46. The van der Waals surface area contributed by atoms with E-state index in [0.29, 0.717) is 12.2 Å². The van der Waals surface area contributed by atoms with Crippen molar-refractivity contribution in [3.8, 4) is 11.5 Å². The molecule has 18 heavy (non-hydrogen) atoms. The van der Waals surface area contributed by atoms with E-state index in [4.69, 9.17) is 10.5 Å². The molecular weight excluding hydrogens is 244 g/mol. The van der Waals surface area contributed by atoms with Gasteiger partial charge in [0.25, 0.3) is 0 Å². The highest BCUT2D eigenvalue weighted by Crippen LogP contribution is 2.32. The average molecular weight is 259 g/mol. The molecule has 2 N–H and O–H groups in total. The van der Waals surface area contributed by atoms with Gasteiger partial charge < -0.3 is 15.2 Å². The number of primary amides is 1. The first-order valence-electron chi connectivity index (χ1n) is 5.46. The highest BCUT2D eigenvalue weighted by atomic mass is 19.3. The number of carbonyl (C=O) groups is 1. The summed E-state index contributed by atoms with van der Waals surface area (Å²) >= 11 is 0. The topological polar surface area (TPSA) is 61.5 Å². The zero-order valence-electron chi connectivity index (χ0n) is 10.2. The fraction of sp³-hybridized carbons (Fsp3) is 0.417. The molecule has 6 heteroatoms. The molecule has 0 fully saturated rings. The second kappa shape index (κ2) is 6.18.